The fourth-order valence-electron chi connectivity index (χ4n) is 1.93. The van der Waals surface area contributed by atoms with Gasteiger partial charge < -0.3 is 9.47 Å². The van der Waals surface area contributed by atoms with Crippen LogP contribution in [0.15, 0.2) is 53.4 Å². The first-order valence-corrected chi connectivity index (χ1v) is 8.64. The van der Waals surface area contributed by atoms with E-state index in [2.05, 4.69) is 10.3 Å². The lowest BCUT2D eigenvalue weighted by atomic mass is 10.2. The van der Waals surface area contributed by atoms with Gasteiger partial charge in [0.05, 0.1) is 24.2 Å². The number of benzene rings is 2. The number of rotatable bonds is 7. The molecule has 8 heteroatoms. The van der Waals surface area contributed by atoms with Crippen molar-refractivity contribution >= 4 is 15.9 Å². The van der Waals surface area contributed by atoms with Gasteiger partial charge in [-0.2, -0.15) is 0 Å². The first-order valence-electron chi connectivity index (χ1n) is 7.16. The Morgan fingerprint density at radius 2 is 1.75 bits per heavy atom. The van der Waals surface area contributed by atoms with Crippen molar-refractivity contribution in [2.45, 2.75) is 11.8 Å². The molecular formula is C16H18N2O5S. The van der Waals surface area contributed by atoms with Gasteiger partial charge in [0.1, 0.15) is 11.5 Å². The monoisotopic (exact) mass is 350 g/mol. The number of carbonyl (C=O) groups excluding carboxylic acids is 1. The second-order valence-electron chi connectivity index (χ2n) is 4.66. The van der Waals surface area contributed by atoms with E-state index in [4.69, 9.17) is 9.47 Å². The van der Waals surface area contributed by atoms with Crippen molar-refractivity contribution in [3.8, 4) is 11.5 Å². The molecule has 2 aromatic carbocycles. The molecule has 0 aliphatic heterocycles. The summed E-state index contributed by atoms with van der Waals surface area (Å²) in [4.78, 5) is 14.2. The van der Waals surface area contributed by atoms with Crippen LogP contribution in [-0.2, 0) is 10.0 Å². The minimum atomic E-state index is -3.89. The van der Waals surface area contributed by atoms with Gasteiger partial charge in [-0.05, 0) is 43.3 Å². The van der Waals surface area contributed by atoms with Crippen LogP contribution in [0.2, 0.25) is 0 Å². The lowest BCUT2D eigenvalue weighted by molar-refractivity contribution is 0.0941. The average molecular weight is 350 g/mol. The van der Waals surface area contributed by atoms with Crippen LogP contribution >= 0.6 is 0 Å². The maximum atomic E-state index is 12.2. The van der Waals surface area contributed by atoms with Gasteiger partial charge in [0.2, 0.25) is 0 Å². The zero-order valence-electron chi connectivity index (χ0n) is 13.3. The van der Waals surface area contributed by atoms with E-state index in [9.17, 15) is 13.2 Å². The van der Waals surface area contributed by atoms with Crippen LogP contribution in [0.1, 0.15) is 17.3 Å². The SMILES string of the molecule is CCOc1ccccc1C(=O)NNS(=O)(=O)c1ccc(OC)cc1. The smallest absolute Gasteiger partial charge is 0.270 e. The number of hydrogen-bond donors (Lipinski definition) is 2. The number of hydrazine groups is 1. The summed E-state index contributed by atoms with van der Waals surface area (Å²) in [5.74, 6) is 0.293. The fraction of sp³-hybridized carbons (Fsp3) is 0.188. The molecule has 0 spiro atoms. The Labute approximate surface area is 140 Å². The first kappa shape index (κ1) is 17.8. The standard InChI is InChI=1S/C16H18N2O5S/c1-3-23-15-7-5-4-6-14(15)16(19)17-18-24(20,21)13-10-8-12(22-2)9-11-13/h4-11,18H,3H2,1-2H3,(H,17,19). The van der Waals surface area contributed by atoms with Crippen LogP contribution in [0.5, 0.6) is 11.5 Å². The molecule has 0 fully saturated rings. The van der Waals surface area contributed by atoms with Crippen molar-refractivity contribution < 1.29 is 22.7 Å². The second-order valence-corrected chi connectivity index (χ2v) is 6.35. The van der Waals surface area contributed by atoms with E-state index in [0.717, 1.165) is 0 Å². The van der Waals surface area contributed by atoms with Gasteiger partial charge in [-0.1, -0.05) is 12.1 Å². The van der Waals surface area contributed by atoms with Crippen molar-refractivity contribution in [3.05, 3.63) is 54.1 Å². The van der Waals surface area contributed by atoms with Crippen molar-refractivity contribution in [2.24, 2.45) is 0 Å². The molecule has 2 rings (SSSR count). The van der Waals surface area contributed by atoms with Crippen LogP contribution in [0.4, 0.5) is 0 Å². The van der Waals surface area contributed by atoms with E-state index in [-0.39, 0.29) is 10.5 Å². The van der Waals surface area contributed by atoms with Gasteiger partial charge in [0.15, 0.2) is 0 Å². The number of hydrogen-bond acceptors (Lipinski definition) is 5. The largest absolute Gasteiger partial charge is 0.497 e. The highest BCUT2D eigenvalue weighted by Gasteiger charge is 2.17. The normalized spacial score (nSPS) is 10.9. The van der Waals surface area contributed by atoms with E-state index in [1.165, 1.54) is 31.4 Å². The average Bonchev–Trinajstić information content (AvgIpc) is 2.60. The number of methoxy groups -OCH3 is 1. The number of sulfonamides is 1. The topological polar surface area (TPSA) is 93.7 Å². The molecule has 2 N–H and O–H groups in total. The Hall–Kier alpha value is -2.58. The van der Waals surface area contributed by atoms with Crippen molar-refractivity contribution in [1.82, 2.24) is 10.3 Å². The third-order valence-corrected chi connectivity index (χ3v) is 4.36. The Morgan fingerprint density at radius 3 is 2.38 bits per heavy atom. The highest BCUT2D eigenvalue weighted by atomic mass is 32.2. The molecule has 0 aliphatic rings. The third-order valence-electron chi connectivity index (χ3n) is 3.10. The summed E-state index contributed by atoms with van der Waals surface area (Å²) >= 11 is 0. The molecule has 0 heterocycles. The van der Waals surface area contributed by atoms with Gasteiger partial charge in [-0.3, -0.25) is 10.2 Å². The van der Waals surface area contributed by atoms with E-state index >= 15 is 0 Å². The summed E-state index contributed by atoms with van der Waals surface area (Å²) in [6.45, 7) is 2.18. The Bertz CT molecular complexity index is 803. The number of nitrogens with one attached hydrogen (secondary N) is 2. The zero-order chi connectivity index (χ0) is 17.6. The molecule has 0 radical (unpaired) electrons. The molecule has 1 amide bonds. The zero-order valence-corrected chi connectivity index (χ0v) is 14.1. The summed E-state index contributed by atoms with van der Waals surface area (Å²) in [7, 11) is -2.41. The van der Waals surface area contributed by atoms with E-state index < -0.39 is 15.9 Å². The third kappa shape index (κ3) is 4.24. The van der Waals surface area contributed by atoms with Crippen LogP contribution in [0, 0.1) is 0 Å². The van der Waals surface area contributed by atoms with Gasteiger partial charge >= 0.3 is 0 Å². The molecular weight excluding hydrogens is 332 g/mol. The minimum Gasteiger partial charge on any atom is -0.497 e. The first-order chi connectivity index (χ1) is 11.5. The van der Waals surface area contributed by atoms with Crippen LogP contribution in [-0.4, -0.2) is 28.0 Å². The highest BCUT2D eigenvalue weighted by molar-refractivity contribution is 7.89. The molecule has 0 unspecified atom stereocenters. The summed E-state index contributed by atoms with van der Waals surface area (Å²) < 4.78 is 34.7. The number of ether oxygens (including phenoxy) is 2. The molecule has 0 atom stereocenters. The van der Waals surface area contributed by atoms with Gasteiger partial charge in [0, 0.05) is 0 Å². The number of amides is 1. The molecule has 0 saturated carbocycles. The van der Waals surface area contributed by atoms with Gasteiger partial charge in [-0.25, -0.2) is 8.42 Å². The molecule has 0 aromatic heterocycles. The van der Waals surface area contributed by atoms with Crippen molar-refractivity contribution in [3.63, 3.8) is 0 Å². The molecule has 24 heavy (non-hydrogen) atoms. The predicted molar refractivity (Wildman–Crippen MR) is 88.4 cm³/mol. The quantitative estimate of drug-likeness (QED) is 0.742. The summed E-state index contributed by atoms with van der Waals surface area (Å²) in [5, 5.41) is 0. The molecule has 128 valence electrons. The molecule has 2 aromatic rings. The van der Waals surface area contributed by atoms with Gasteiger partial charge in [-0.15, -0.1) is 4.83 Å². The lowest BCUT2D eigenvalue weighted by Gasteiger charge is -2.11. The molecule has 7 nitrogen and oxygen atoms in total. The van der Waals surface area contributed by atoms with Gasteiger partial charge in [0.25, 0.3) is 15.9 Å². The van der Waals surface area contributed by atoms with Crippen LogP contribution in [0.3, 0.4) is 0 Å². The Morgan fingerprint density at radius 1 is 1.08 bits per heavy atom. The van der Waals surface area contributed by atoms with Crippen LogP contribution < -0.4 is 19.7 Å². The summed E-state index contributed by atoms with van der Waals surface area (Å²) in [6, 6.07) is 12.3. The Balaban J connectivity index is 2.10. The van der Waals surface area contributed by atoms with Crippen molar-refractivity contribution in [2.75, 3.05) is 13.7 Å². The molecule has 0 bridgehead atoms. The minimum absolute atomic E-state index is 0.00157. The van der Waals surface area contributed by atoms with Crippen LogP contribution in [0.25, 0.3) is 0 Å². The number of carbonyl (C=O) groups is 1. The van der Waals surface area contributed by atoms with E-state index in [1.54, 1.807) is 31.2 Å². The molecule has 0 aliphatic carbocycles. The maximum absolute atomic E-state index is 12.2. The lowest BCUT2D eigenvalue weighted by Crippen LogP contribution is -2.41. The Kier molecular flexibility index (Phi) is 5.78. The van der Waals surface area contributed by atoms with Crippen molar-refractivity contribution in [1.29, 1.82) is 0 Å². The highest BCUT2D eigenvalue weighted by Crippen LogP contribution is 2.18. The summed E-state index contributed by atoms with van der Waals surface area (Å²) in [6.07, 6.45) is 0. The van der Waals surface area contributed by atoms with E-state index in [1.807, 2.05) is 0 Å². The van der Waals surface area contributed by atoms with E-state index in [0.29, 0.717) is 18.1 Å². The predicted octanol–water partition coefficient (Wildman–Crippen LogP) is 1.72. The maximum Gasteiger partial charge on any atom is 0.270 e. The fourth-order valence-corrected chi connectivity index (χ4v) is 2.77. The number of para-hydroxylation sites is 1. The molecule has 0 saturated heterocycles. The second kappa shape index (κ2) is 7.80. The summed E-state index contributed by atoms with van der Waals surface area (Å²) in [5.41, 5.74) is 2.41.